The fourth-order valence-electron chi connectivity index (χ4n) is 2.38. The van der Waals surface area contributed by atoms with Crippen molar-refractivity contribution >= 4 is 16.6 Å². The van der Waals surface area contributed by atoms with E-state index in [-0.39, 0.29) is 0 Å². The van der Waals surface area contributed by atoms with E-state index in [1.165, 1.54) is 16.8 Å². The number of rotatable bonds is 3. The Balaban J connectivity index is 1.92. The van der Waals surface area contributed by atoms with E-state index in [0.717, 1.165) is 23.1 Å². The highest BCUT2D eigenvalue weighted by atomic mass is 15.3. The Morgan fingerprint density at radius 1 is 1.20 bits per heavy atom. The van der Waals surface area contributed by atoms with Gasteiger partial charge in [-0.3, -0.25) is 9.67 Å². The molecule has 0 saturated heterocycles. The minimum Gasteiger partial charge on any atom is -0.380 e. The minimum absolute atomic E-state index is 0.771. The summed E-state index contributed by atoms with van der Waals surface area (Å²) in [5.74, 6) is 0. The number of hydrogen-bond donors (Lipinski definition) is 1. The first-order valence-electron chi connectivity index (χ1n) is 6.72. The molecule has 0 saturated carbocycles. The lowest BCUT2D eigenvalue weighted by Gasteiger charge is -2.10. The molecule has 0 bridgehead atoms. The van der Waals surface area contributed by atoms with Crippen LogP contribution in [0.4, 0.5) is 5.69 Å². The van der Waals surface area contributed by atoms with Gasteiger partial charge in [0, 0.05) is 42.1 Å². The van der Waals surface area contributed by atoms with Crippen LogP contribution in [0.25, 0.3) is 10.9 Å². The summed E-state index contributed by atoms with van der Waals surface area (Å²) in [6, 6.07) is 8.30. The van der Waals surface area contributed by atoms with Crippen molar-refractivity contribution in [1.29, 1.82) is 0 Å². The van der Waals surface area contributed by atoms with Crippen LogP contribution in [-0.4, -0.2) is 14.8 Å². The maximum Gasteiger partial charge on any atom is 0.0751 e. The second-order valence-corrected chi connectivity index (χ2v) is 5.06. The largest absolute Gasteiger partial charge is 0.380 e. The second kappa shape index (κ2) is 4.96. The third kappa shape index (κ3) is 2.13. The molecule has 4 heteroatoms. The van der Waals surface area contributed by atoms with Crippen molar-refractivity contribution in [3.63, 3.8) is 0 Å². The number of pyridine rings is 1. The number of aryl methyl sites for hydroxylation is 2. The summed E-state index contributed by atoms with van der Waals surface area (Å²) in [5.41, 5.74) is 5.77. The van der Waals surface area contributed by atoms with Crippen LogP contribution in [0.5, 0.6) is 0 Å². The van der Waals surface area contributed by atoms with Crippen molar-refractivity contribution in [2.75, 3.05) is 5.32 Å². The summed E-state index contributed by atoms with van der Waals surface area (Å²) in [6.07, 6.45) is 3.75. The van der Waals surface area contributed by atoms with Crippen molar-refractivity contribution in [3.8, 4) is 0 Å². The number of nitrogens with one attached hydrogen (secondary N) is 1. The SMILES string of the molecule is Cc1ccc(NCc2cnn(C)c2C)c2cccnc12. The lowest BCUT2D eigenvalue weighted by molar-refractivity contribution is 0.738. The molecule has 2 heterocycles. The molecule has 1 N–H and O–H groups in total. The van der Waals surface area contributed by atoms with Crippen LogP contribution in [0, 0.1) is 13.8 Å². The minimum atomic E-state index is 0.771. The van der Waals surface area contributed by atoms with Crippen molar-refractivity contribution in [2.24, 2.45) is 7.05 Å². The smallest absolute Gasteiger partial charge is 0.0751 e. The van der Waals surface area contributed by atoms with E-state index in [1.54, 1.807) is 0 Å². The zero-order valence-corrected chi connectivity index (χ0v) is 12.0. The van der Waals surface area contributed by atoms with Gasteiger partial charge in [-0.2, -0.15) is 5.10 Å². The molecule has 0 spiro atoms. The Morgan fingerprint density at radius 2 is 2.05 bits per heavy atom. The van der Waals surface area contributed by atoms with Gasteiger partial charge in [0.25, 0.3) is 0 Å². The van der Waals surface area contributed by atoms with Gasteiger partial charge >= 0.3 is 0 Å². The fourth-order valence-corrected chi connectivity index (χ4v) is 2.38. The van der Waals surface area contributed by atoms with Gasteiger partial charge in [0.05, 0.1) is 11.7 Å². The average Bonchev–Trinajstić information content (AvgIpc) is 2.79. The predicted octanol–water partition coefficient (Wildman–Crippen LogP) is 3.20. The van der Waals surface area contributed by atoms with Gasteiger partial charge in [0.2, 0.25) is 0 Å². The van der Waals surface area contributed by atoms with E-state index in [1.807, 2.05) is 30.2 Å². The van der Waals surface area contributed by atoms with Crippen LogP contribution < -0.4 is 5.32 Å². The zero-order valence-electron chi connectivity index (χ0n) is 12.0. The van der Waals surface area contributed by atoms with Crippen LogP contribution in [0.15, 0.2) is 36.7 Å². The Hall–Kier alpha value is -2.36. The van der Waals surface area contributed by atoms with Crippen molar-refractivity contribution in [1.82, 2.24) is 14.8 Å². The number of anilines is 1. The lowest BCUT2D eigenvalue weighted by Crippen LogP contribution is -2.02. The molecule has 102 valence electrons. The highest BCUT2D eigenvalue weighted by Crippen LogP contribution is 2.25. The van der Waals surface area contributed by atoms with Crippen LogP contribution in [0.2, 0.25) is 0 Å². The Bertz CT molecular complexity index is 758. The van der Waals surface area contributed by atoms with E-state index in [4.69, 9.17) is 0 Å². The predicted molar refractivity (Wildman–Crippen MR) is 81.8 cm³/mol. The van der Waals surface area contributed by atoms with E-state index in [0.29, 0.717) is 0 Å². The summed E-state index contributed by atoms with van der Waals surface area (Å²) in [4.78, 5) is 4.46. The molecule has 0 amide bonds. The van der Waals surface area contributed by atoms with Crippen LogP contribution in [0.3, 0.4) is 0 Å². The van der Waals surface area contributed by atoms with Crippen LogP contribution in [-0.2, 0) is 13.6 Å². The highest BCUT2D eigenvalue weighted by molar-refractivity contribution is 5.93. The normalized spacial score (nSPS) is 10.9. The maximum atomic E-state index is 4.46. The number of fused-ring (bicyclic) bond motifs is 1. The molecule has 2 aromatic heterocycles. The average molecular weight is 266 g/mol. The Kier molecular flexibility index (Phi) is 3.14. The fraction of sp³-hybridized carbons (Fsp3) is 0.250. The monoisotopic (exact) mass is 266 g/mol. The molecule has 0 aliphatic heterocycles. The van der Waals surface area contributed by atoms with Gasteiger partial charge < -0.3 is 5.32 Å². The zero-order chi connectivity index (χ0) is 14.1. The van der Waals surface area contributed by atoms with Gasteiger partial charge in [-0.25, -0.2) is 0 Å². The standard InChI is InChI=1S/C16H18N4/c1-11-6-7-15(14-5-4-8-17-16(11)14)18-9-13-10-19-20(3)12(13)2/h4-8,10,18H,9H2,1-3H3. The van der Waals surface area contributed by atoms with Gasteiger partial charge in [-0.15, -0.1) is 0 Å². The Labute approximate surface area is 118 Å². The highest BCUT2D eigenvalue weighted by Gasteiger charge is 2.06. The van der Waals surface area contributed by atoms with Gasteiger partial charge in [-0.1, -0.05) is 6.07 Å². The molecule has 0 fully saturated rings. The molecule has 0 unspecified atom stereocenters. The molecule has 0 radical (unpaired) electrons. The molecule has 3 aromatic rings. The Morgan fingerprint density at radius 3 is 2.80 bits per heavy atom. The summed E-state index contributed by atoms with van der Waals surface area (Å²) in [5, 5.41) is 8.92. The quantitative estimate of drug-likeness (QED) is 0.791. The van der Waals surface area contributed by atoms with E-state index in [2.05, 4.69) is 47.4 Å². The first-order chi connectivity index (χ1) is 9.66. The molecule has 0 aliphatic carbocycles. The molecular formula is C16H18N4. The van der Waals surface area contributed by atoms with E-state index >= 15 is 0 Å². The van der Waals surface area contributed by atoms with Crippen molar-refractivity contribution in [3.05, 3.63) is 53.5 Å². The first kappa shape index (κ1) is 12.7. The summed E-state index contributed by atoms with van der Waals surface area (Å²) in [7, 11) is 1.96. The molecular weight excluding hydrogens is 248 g/mol. The third-order valence-electron chi connectivity index (χ3n) is 3.78. The first-order valence-corrected chi connectivity index (χ1v) is 6.72. The van der Waals surface area contributed by atoms with Gasteiger partial charge in [0.15, 0.2) is 0 Å². The molecule has 1 aromatic carbocycles. The molecule has 0 aliphatic rings. The summed E-state index contributed by atoms with van der Waals surface area (Å²) >= 11 is 0. The lowest BCUT2D eigenvalue weighted by atomic mass is 10.1. The molecule has 3 rings (SSSR count). The number of benzene rings is 1. The topological polar surface area (TPSA) is 42.7 Å². The van der Waals surface area contributed by atoms with E-state index in [9.17, 15) is 0 Å². The number of aromatic nitrogens is 3. The van der Waals surface area contributed by atoms with Crippen molar-refractivity contribution < 1.29 is 0 Å². The summed E-state index contributed by atoms with van der Waals surface area (Å²) in [6.45, 7) is 4.94. The molecule has 20 heavy (non-hydrogen) atoms. The van der Waals surface area contributed by atoms with Gasteiger partial charge in [-0.05, 0) is 37.6 Å². The third-order valence-corrected chi connectivity index (χ3v) is 3.78. The van der Waals surface area contributed by atoms with E-state index < -0.39 is 0 Å². The maximum absolute atomic E-state index is 4.46. The van der Waals surface area contributed by atoms with Crippen molar-refractivity contribution in [2.45, 2.75) is 20.4 Å². The van der Waals surface area contributed by atoms with Crippen LogP contribution in [0.1, 0.15) is 16.8 Å². The second-order valence-electron chi connectivity index (χ2n) is 5.06. The van der Waals surface area contributed by atoms with Crippen LogP contribution >= 0.6 is 0 Å². The summed E-state index contributed by atoms with van der Waals surface area (Å²) < 4.78 is 1.89. The van der Waals surface area contributed by atoms with Gasteiger partial charge in [0.1, 0.15) is 0 Å². The molecule has 4 nitrogen and oxygen atoms in total. The molecule has 0 atom stereocenters. The number of nitrogens with zero attached hydrogens (tertiary/aromatic N) is 3. The number of hydrogen-bond acceptors (Lipinski definition) is 3.